The van der Waals surface area contributed by atoms with Gasteiger partial charge in [0.1, 0.15) is 6.04 Å². The third kappa shape index (κ3) is 1.60. The molecule has 2 aliphatic rings. The summed E-state index contributed by atoms with van der Waals surface area (Å²) in [6.07, 6.45) is 0. The molecule has 3 rings (SSSR count). The van der Waals surface area contributed by atoms with Gasteiger partial charge in [0.2, 0.25) is 0 Å². The summed E-state index contributed by atoms with van der Waals surface area (Å²) in [4.78, 5) is 16.7. The molecule has 18 heavy (non-hydrogen) atoms. The van der Waals surface area contributed by atoms with Gasteiger partial charge in [-0.15, -0.1) is 0 Å². The Morgan fingerprint density at radius 1 is 1.39 bits per heavy atom. The standard InChI is InChI=1S/C14H19N3O/c1-3-16-12-8-10(2)4-5-11(12)17-7-6-15-9-13(17)14(16)18/h4-5,8,13,15H,3,6-7,9H2,1-2H3. The van der Waals surface area contributed by atoms with Crippen LogP contribution in [0.15, 0.2) is 18.2 Å². The van der Waals surface area contributed by atoms with Gasteiger partial charge in [0.05, 0.1) is 11.4 Å². The number of amides is 1. The minimum Gasteiger partial charge on any atom is -0.355 e. The number of fused-ring (bicyclic) bond motifs is 3. The average molecular weight is 245 g/mol. The van der Waals surface area contributed by atoms with Crippen LogP contribution >= 0.6 is 0 Å². The van der Waals surface area contributed by atoms with Crippen LogP contribution in [-0.4, -0.2) is 38.1 Å². The van der Waals surface area contributed by atoms with E-state index in [2.05, 4.69) is 35.3 Å². The molecule has 4 nitrogen and oxygen atoms in total. The highest BCUT2D eigenvalue weighted by Crippen LogP contribution is 2.37. The molecule has 0 radical (unpaired) electrons. The molecular formula is C14H19N3O. The van der Waals surface area contributed by atoms with E-state index in [9.17, 15) is 4.79 Å². The first-order valence-electron chi connectivity index (χ1n) is 6.61. The minimum atomic E-state index is -0.0334. The third-order valence-electron chi connectivity index (χ3n) is 3.84. The Morgan fingerprint density at radius 3 is 3.00 bits per heavy atom. The first kappa shape index (κ1) is 11.5. The summed E-state index contributed by atoms with van der Waals surface area (Å²) >= 11 is 0. The number of rotatable bonds is 1. The van der Waals surface area contributed by atoms with Gasteiger partial charge in [0, 0.05) is 26.2 Å². The van der Waals surface area contributed by atoms with Gasteiger partial charge >= 0.3 is 0 Å². The van der Waals surface area contributed by atoms with E-state index in [0.29, 0.717) is 0 Å². The molecule has 1 atom stereocenters. The van der Waals surface area contributed by atoms with Crippen LogP contribution in [-0.2, 0) is 4.79 Å². The maximum atomic E-state index is 12.5. The summed E-state index contributed by atoms with van der Waals surface area (Å²) in [6, 6.07) is 6.36. The number of likely N-dealkylation sites (N-methyl/N-ethyl adjacent to an activating group) is 1. The summed E-state index contributed by atoms with van der Waals surface area (Å²) in [5, 5.41) is 3.31. The van der Waals surface area contributed by atoms with E-state index < -0.39 is 0 Å². The van der Waals surface area contributed by atoms with Gasteiger partial charge in [-0.05, 0) is 31.5 Å². The molecule has 2 heterocycles. The number of piperazine rings is 1. The van der Waals surface area contributed by atoms with Crippen LogP contribution in [0.1, 0.15) is 12.5 Å². The van der Waals surface area contributed by atoms with Crippen LogP contribution < -0.4 is 15.1 Å². The van der Waals surface area contributed by atoms with Gasteiger partial charge < -0.3 is 15.1 Å². The van der Waals surface area contributed by atoms with Gasteiger partial charge in [-0.3, -0.25) is 4.79 Å². The van der Waals surface area contributed by atoms with Crippen molar-refractivity contribution in [2.45, 2.75) is 19.9 Å². The monoisotopic (exact) mass is 245 g/mol. The predicted octanol–water partition coefficient (Wildman–Crippen LogP) is 1.14. The summed E-state index contributed by atoms with van der Waals surface area (Å²) in [7, 11) is 0. The molecule has 0 bridgehead atoms. The number of nitrogens with one attached hydrogen (secondary N) is 1. The first-order chi connectivity index (χ1) is 8.72. The average Bonchev–Trinajstić information content (AvgIpc) is 2.39. The summed E-state index contributed by atoms with van der Waals surface area (Å²) < 4.78 is 0. The molecule has 1 aromatic carbocycles. The van der Waals surface area contributed by atoms with Gasteiger partial charge in [-0.2, -0.15) is 0 Å². The molecule has 2 aliphatic heterocycles. The Morgan fingerprint density at radius 2 is 2.22 bits per heavy atom. The fourth-order valence-electron chi connectivity index (χ4n) is 2.93. The second kappa shape index (κ2) is 4.28. The quantitative estimate of drug-likeness (QED) is 0.806. The van der Waals surface area contributed by atoms with Crippen molar-refractivity contribution < 1.29 is 4.79 Å². The smallest absolute Gasteiger partial charge is 0.251 e. The molecular weight excluding hydrogens is 226 g/mol. The first-order valence-corrected chi connectivity index (χ1v) is 6.61. The molecule has 1 saturated heterocycles. The van der Waals surface area contributed by atoms with E-state index >= 15 is 0 Å². The van der Waals surface area contributed by atoms with Gasteiger partial charge in [-0.25, -0.2) is 0 Å². The summed E-state index contributed by atoms with van der Waals surface area (Å²) in [5.74, 6) is 0.225. The molecule has 96 valence electrons. The second-order valence-corrected chi connectivity index (χ2v) is 4.99. The Kier molecular flexibility index (Phi) is 2.74. The lowest BCUT2D eigenvalue weighted by molar-refractivity contribution is -0.120. The molecule has 0 saturated carbocycles. The van der Waals surface area contributed by atoms with Crippen LogP contribution in [0.2, 0.25) is 0 Å². The maximum absolute atomic E-state index is 12.5. The molecule has 1 unspecified atom stereocenters. The number of carbonyl (C=O) groups excluding carboxylic acids is 1. The second-order valence-electron chi connectivity index (χ2n) is 4.99. The molecule has 1 aromatic rings. The SMILES string of the molecule is CCN1C(=O)C2CNCCN2c2ccc(C)cc21. The lowest BCUT2D eigenvalue weighted by Gasteiger charge is -2.45. The highest BCUT2D eigenvalue weighted by atomic mass is 16.2. The number of hydrogen-bond acceptors (Lipinski definition) is 3. The van der Waals surface area contributed by atoms with E-state index in [0.717, 1.165) is 31.9 Å². The van der Waals surface area contributed by atoms with Crippen LogP contribution in [0.5, 0.6) is 0 Å². The van der Waals surface area contributed by atoms with Crippen LogP contribution in [0, 0.1) is 6.92 Å². The van der Waals surface area contributed by atoms with Crippen molar-refractivity contribution in [1.29, 1.82) is 0 Å². The number of anilines is 2. The highest BCUT2D eigenvalue weighted by Gasteiger charge is 2.38. The lowest BCUT2D eigenvalue weighted by Crippen LogP contribution is -2.61. The van der Waals surface area contributed by atoms with Crippen molar-refractivity contribution in [2.75, 3.05) is 36.0 Å². The Labute approximate surface area is 108 Å². The zero-order valence-corrected chi connectivity index (χ0v) is 10.9. The van der Waals surface area contributed by atoms with E-state index in [1.807, 2.05) is 11.8 Å². The third-order valence-corrected chi connectivity index (χ3v) is 3.84. The van der Waals surface area contributed by atoms with Crippen LogP contribution in [0.25, 0.3) is 0 Å². The molecule has 4 heteroatoms. The van der Waals surface area contributed by atoms with Crippen molar-refractivity contribution in [2.24, 2.45) is 0 Å². The maximum Gasteiger partial charge on any atom is 0.251 e. The summed E-state index contributed by atoms with van der Waals surface area (Å²) in [6.45, 7) is 7.45. The summed E-state index contributed by atoms with van der Waals surface area (Å²) in [5.41, 5.74) is 3.47. The Hall–Kier alpha value is -1.55. The minimum absolute atomic E-state index is 0.0334. The Bertz CT molecular complexity index is 486. The normalized spacial score (nSPS) is 22.8. The van der Waals surface area contributed by atoms with Crippen molar-refractivity contribution >= 4 is 17.3 Å². The van der Waals surface area contributed by atoms with Crippen molar-refractivity contribution in [3.05, 3.63) is 23.8 Å². The Balaban J connectivity index is 2.12. The molecule has 1 fully saturated rings. The topological polar surface area (TPSA) is 35.6 Å². The largest absolute Gasteiger partial charge is 0.355 e. The van der Waals surface area contributed by atoms with Crippen molar-refractivity contribution in [3.8, 4) is 0 Å². The molecule has 0 aliphatic carbocycles. The van der Waals surface area contributed by atoms with Crippen molar-refractivity contribution in [3.63, 3.8) is 0 Å². The van der Waals surface area contributed by atoms with Crippen LogP contribution in [0.4, 0.5) is 11.4 Å². The fraction of sp³-hybridized carbons (Fsp3) is 0.500. The zero-order valence-electron chi connectivity index (χ0n) is 10.9. The highest BCUT2D eigenvalue weighted by molar-refractivity contribution is 6.05. The molecule has 1 N–H and O–H groups in total. The number of benzene rings is 1. The van der Waals surface area contributed by atoms with E-state index in [1.165, 1.54) is 11.3 Å². The zero-order chi connectivity index (χ0) is 12.7. The van der Waals surface area contributed by atoms with Gasteiger partial charge in [0.15, 0.2) is 0 Å². The fourth-order valence-corrected chi connectivity index (χ4v) is 2.93. The van der Waals surface area contributed by atoms with Gasteiger partial charge in [-0.1, -0.05) is 6.07 Å². The molecule has 0 aromatic heterocycles. The van der Waals surface area contributed by atoms with Gasteiger partial charge in [0.25, 0.3) is 5.91 Å². The van der Waals surface area contributed by atoms with E-state index in [4.69, 9.17) is 0 Å². The lowest BCUT2D eigenvalue weighted by atomic mass is 10.0. The molecule has 0 spiro atoms. The van der Waals surface area contributed by atoms with Crippen molar-refractivity contribution in [1.82, 2.24) is 5.32 Å². The number of hydrogen-bond donors (Lipinski definition) is 1. The molecule has 1 amide bonds. The van der Waals surface area contributed by atoms with E-state index in [-0.39, 0.29) is 11.9 Å². The number of aryl methyl sites for hydroxylation is 1. The number of carbonyl (C=O) groups is 1. The van der Waals surface area contributed by atoms with E-state index in [1.54, 1.807) is 0 Å². The number of nitrogens with zero attached hydrogens (tertiary/aromatic N) is 2. The van der Waals surface area contributed by atoms with Crippen LogP contribution in [0.3, 0.4) is 0 Å². The predicted molar refractivity (Wildman–Crippen MR) is 73.2 cm³/mol.